The summed E-state index contributed by atoms with van der Waals surface area (Å²) >= 11 is 5.69. The van der Waals surface area contributed by atoms with Crippen LogP contribution in [0.3, 0.4) is 0 Å². The second-order valence-corrected chi connectivity index (χ2v) is 5.44. The first kappa shape index (κ1) is 13.8. The Morgan fingerprint density at radius 2 is 2.17 bits per heavy atom. The predicted octanol–water partition coefficient (Wildman–Crippen LogP) is 3.29. The fraction of sp³-hybridized carbons (Fsp3) is 0.846. The number of aryl methyl sites for hydroxylation is 1. The van der Waals surface area contributed by atoms with E-state index in [1.165, 1.54) is 0 Å². The number of rotatable bonds is 5. The van der Waals surface area contributed by atoms with Crippen molar-refractivity contribution in [2.45, 2.75) is 51.6 Å². The standard InChI is InChI=1S/C13H21ClN2O2/c1-3-17-13(7-4-10(2)5-8-13)12-15-11(6-9-14)18-16-12/h10H,3-9H2,1-2H3. The van der Waals surface area contributed by atoms with Crippen molar-refractivity contribution in [3.63, 3.8) is 0 Å². The van der Waals surface area contributed by atoms with Crippen LogP contribution in [-0.2, 0) is 16.8 Å². The topological polar surface area (TPSA) is 48.2 Å². The molecule has 0 aromatic carbocycles. The first-order valence-electron chi connectivity index (χ1n) is 6.73. The molecule has 2 rings (SSSR count). The van der Waals surface area contributed by atoms with Crippen LogP contribution in [0.1, 0.15) is 51.2 Å². The van der Waals surface area contributed by atoms with Gasteiger partial charge >= 0.3 is 0 Å². The maximum Gasteiger partial charge on any atom is 0.227 e. The van der Waals surface area contributed by atoms with Gasteiger partial charge in [0.2, 0.25) is 11.7 Å². The summed E-state index contributed by atoms with van der Waals surface area (Å²) in [5.74, 6) is 2.57. The Morgan fingerprint density at radius 1 is 1.44 bits per heavy atom. The third-order valence-corrected chi connectivity index (χ3v) is 3.88. The Balaban J connectivity index is 2.17. The van der Waals surface area contributed by atoms with Crippen molar-refractivity contribution in [3.05, 3.63) is 11.7 Å². The molecule has 102 valence electrons. The van der Waals surface area contributed by atoms with Crippen LogP contribution < -0.4 is 0 Å². The minimum atomic E-state index is -0.338. The molecule has 0 amide bonds. The number of ether oxygens (including phenoxy) is 1. The molecule has 18 heavy (non-hydrogen) atoms. The fourth-order valence-corrected chi connectivity index (χ4v) is 2.72. The van der Waals surface area contributed by atoms with E-state index in [9.17, 15) is 0 Å². The minimum absolute atomic E-state index is 0.338. The zero-order valence-electron chi connectivity index (χ0n) is 11.1. The molecule has 0 aliphatic heterocycles. The lowest BCUT2D eigenvalue weighted by Gasteiger charge is -2.36. The van der Waals surface area contributed by atoms with Gasteiger partial charge in [-0.25, -0.2) is 0 Å². The van der Waals surface area contributed by atoms with Crippen LogP contribution >= 0.6 is 11.6 Å². The average molecular weight is 273 g/mol. The molecule has 1 aliphatic carbocycles. The summed E-state index contributed by atoms with van der Waals surface area (Å²) in [6.07, 6.45) is 4.87. The second-order valence-electron chi connectivity index (χ2n) is 5.06. The lowest BCUT2D eigenvalue weighted by molar-refractivity contribution is -0.0847. The van der Waals surface area contributed by atoms with E-state index < -0.39 is 0 Å². The van der Waals surface area contributed by atoms with E-state index in [0.29, 0.717) is 30.6 Å². The number of alkyl halides is 1. The Kier molecular flexibility index (Phi) is 4.62. The number of aromatic nitrogens is 2. The number of hydrogen-bond donors (Lipinski definition) is 0. The van der Waals surface area contributed by atoms with E-state index >= 15 is 0 Å². The molecule has 0 unspecified atom stereocenters. The van der Waals surface area contributed by atoms with Gasteiger partial charge in [-0.15, -0.1) is 11.6 Å². The Labute approximate surface area is 113 Å². The normalized spacial score (nSPS) is 28.5. The van der Waals surface area contributed by atoms with Crippen molar-refractivity contribution in [3.8, 4) is 0 Å². The predicted molar refractivity (Wildman–Crippen MR) is 69.7 cm³/mol. The van der Waals surface area contributed by atoms with Crippen LogP contribution in [0.2, 0.25) is 0 Å². The summed E-state index contributed by atoms with van der Waals surface area (Å²) in [5, 5.41) is 4.10. The van der Waals surface area contributed by atoms with Gasteiger partial charge in [0, 0.05) is 18.9 Å². The number of nitrogens with zero attached hydrogens (tertiary/aromatic N) is 2. The molecule has 1 heterocycles. The van der Waals surface area contributed by atoms with Gasteiger partial charge in [0.1, 0.15) is 5.60 Å². The summed E-state index contributed by atoms with van der Waals surface area (Å²) in [4.78, 5) is 4.45. The highest BCUT2D eigenvalue weighted by Crippen LogP contribution is 2.41. The molecule has 5 heteroatoms. The van der Waals surface area contributed by atoms with Gasteiger partial charge in [-0.05, 0) is 38.5 Å². The highest BCUT2D eigenvalue weighted by Gasteiger charge is 2.40. The molecule has 1 aromatic heterocycles. The Morgan fingerprint density at radius 3 is 2.78 bits per heavy atom. The van der Waals surface area contributed by atoms with Crippen LogP contribution in [0.25, 0.3) is 0 Å². The van der Waals surface area contributed by atoms with Gasteiger partial charge in [0.15, 0.2) is 0 Å². The number of halogens is 1. The largest absolute Gasteiger partial charge is 0.367 e. The molecule has 1 aromatic rings. The van der Waals surface area contributed by atoms with Crippen LogP contribution in [0.4, 0.5) is 0 Å². The summed E-state index contributed by atoms with van der Waals surface area (Å²) in [6.45, 7) is 4.97. The second kappa shape index (κ2) is 6.02. The zero-order valence-corrected chi connectivity index (χ0v) is 11.9. The van der Waals surface area contributed by atoms with Crippen LogP contribution in [0.5, 0.6) is 0 Å². The molecule has 4 nitrogen and oxygen atoms in total. The highest BCUT2D eigenvalue weighted by molar-refractivity contribution is 6.17. The Hall–Kier alpha value is -0.610. The van der Waals surface area contributed by atoms with Crippen molar-refractivity contribution in [2.24, 2.45) is 5.92 Å². The van der Waals surface area contributed by atoms with Gasteiger partial charge < -0.3 is 9.26 Å². The van der Waals surface area contributed by atoms with Gasteiger partial charge in [0.25, 0.3) is 0 Å². The number of hydrogen-bond acceptors (Lipinski definition) is 4. The van der Waals surface area contributed by atoms with Crippen molar-refractivity contribution >= 4 is 11.6 Å². The Bertz CT molecular complexity index is 373. The molecular formula is C13H21ClN2O2. The van der Waals surface area contributed by atoms with E-state index in [1.807, 2.05) is 6.92 Å². The molecule has 0 atom stereocenters. The van der Waals surface area contributed by atoms with E-state index in [4.69, 9.17) is 20.9 Å². The monoisotopic (exact) mass is 272 g/mol. The summed E-state index contributed by atoms with van der Waals surface area (Å²) < 4.78 is 11.2. The first-order chi connectivity index (χ1) is 8.70. The van der Waals surface area contributed by atoms with Gasteiger partial charge in [0.05, 0.1) is 0 Å². The van der Waals surface area contributed by atoms with Gasteiger partial charge in [-0.3, -0.25) is 0 Å². The quantitative estimate of drug-likeness (QED) is 0.772. The average Bonchev–Trinajstić information content (AvgIpc) is 2.82. The molecule has 0 radical (unpaired) electrons. The smallest absolute Gasteiger partial charge is 0.227 e. The lowest BCUT2D eigenvalue weighted by atomic mass is 9.79. The van der Waals surface area contributed by atoms with Crippen molar-refractivity contribution < 1.29 is 9.26 Å². The van der Waals surface area contributed by atoms with E-state index in [0.717, 1.165) is 31.6 Å². The van der Waals surface area contributed by atoms with E-state index in [1.54, 1.807) is 0 Å². The van der Waals surface area contributed by atoms with Crippen molar-refractivity contribution in [1.29, 1.82) is 0 Å². The lowest BCUT2D eigenvalue weighted by Crippen LogP contribution is -2.35. The fourth-order valence-electron chi connectivity index (χ4n) is 2.56. The third kappa shape index (κ3) is 2.86. The first-order valence-corrected chi connectivity index (χ1v) is 7.26. The summed E-state index contributed by atoms with van der Waals surface area (Å²) in [5.41, 5.74) is -0.338. The zero-order chi connectivity index (χ0) is 13.0. The molecule has 0 bridgehead atoms. The third-order valence-electron chi connectivity index (χ3n) is 3.69. The maximum atomic E-state index is 5.98. The summed E-state index contributed by atoms with van der Waals surface area (Å²) in [6, 6.07) is 0. The minimum Gasteiger partial charge on any atom is -0.367 e. The van der Waals surface area contributed by atoms with Crippen LogP contribution in [0, 0.1) is 5.92 Å². The van der Waals surface area contributed by atoms with E-state index in [2.05, 4.69) is 17.1 Å². The van der Waals surface area contributed by atoms with Crippen LogP contribution in [-0.4, -0.2) is 22.6 Å². The molecule has 0 N–H and O–H groups in total. The van der Waals surface area contributed by atoms with Crippen LogP contribution in [0.15, 0.2) is 4.52 Å². The molecule has 0 spiro atoms. The van der Waals surface area contributed by atoms with Gasteiger partial charge in [-0.2, -0.15) is 4.98 Å². The molecule has 1 fully saturated rings. The molecule has 1 saturated carbocycles. The maximum absolute atomic E-state index is 5.98. The van der Waals surface area contributed by atoms with Crippen molar-refractivity contribution in [2.75, 3.05) is 12.5 Å². The molecule has 0 saturated heterocycles. The summed E-state index contributed by atoms with van der Waals surface area (Å²) in [7, 11) is 0. The SMILES string of the molecule is CCOC1(c2noc(CCCl)n2)CCC(C)CC1. The van der Waals surface area contributed by atoms with Crippen molar-refractivity contribution in [1.82, 2.24) is 10.1 Å². The van der Waals surface area contributed by atoms with Gasteiger partial charge in [-0.1, -0.05) is 12.1 Å². The van der Waals surface area contributed by atoms with E-state index in [-0.39, 0.29) is 5.60 Å². The molecular weight excluding hydrogens is 252 g/mol. The molecule has 1 aliphatic rings. The highest BCUT2D eigenvalue weighted by atomic mass is 35.5.